The Morgan fingerprint density at radius 1 is 1.50 bits per heavy atom. The van der Waals surface area contributed by atoms with Gasteiger partial charge in [0.25, 0.3) is 0 Å². The fourth-order valence-electron chi connectivity index (χ4n) is 2.26. The Morgan fingerprint density at radius 2 is 2.15 bits per heavy atom. The lowest BCUT2D eigenvalue weighted by Crippen LogP contribution is -2.58. The van der Waals surface area contributed by atoms with Crippen LogP contribution < -0.4 is 5.32 Å². The molecule has 0 radical (unpaired) electrons. The van der Waals surface area contributed by atoms with E-state index in [-0.39, 0.29) is 24.7 Å². The van der Waals surface area contributed by atoms with E-state index in [1.807, 2.05) is 6.92 Å². The lowest BCUT2D eigenvalue weighted by molar-refractivity contribution is -0.153. The van der Waals surface area contributed by atoms with Gasteiger partial charge < -0.3 is 10.2 Å². The van der Waals surface area contributed by atoms with Crippen LogP contribution >= 0.6 is 0 Å². The summed E-state index contributed by atoms with van der Waals surface area (Å²) in [6.45, 7) is 7.11. The summed E-state index contributed by atoms with van der Waals surface area (Å²) < 4.78 is 37.1. The molecule has 1 fully saturated rings. The number of hydrogen-bond acceptors (Lipinski definition) is 2. The number of nitrogens with zero attached hydrogens (tertiary/aromatic N) is 2. The topological polar surface area (TPSA) is 35.6 Å². The Hall–Kier alpha value is -1.24. The number of piperazine rings is 1. The molecule has 7 heteroatoms. The minimum Gasteiger partial charge on any atom is -0.335 e. The molecule has 0 aromatic carbocycles. The van der Waals surface area contributed by atoms with Crippen molar-refractivity contribution in [3.8, 4) is 0 Å². The molecule has 0 aliphatic carbocycles. The van der Waals surface area contributed by atoms with Gasteiger partial charge in [0, 0.05) is 31.7 Å². The maximum atomic E-state index is 12.4. The highest BCUT2D eigenvalue weighted by atomic mass is 19.4. The second-order valence-corrected chi connectivity index (χ2v) is 5.26. The monoisotopic (exact) mass is 293 g/mol. The fourth-order valence-corrected chi connectivity index (χ4v) is 2.26. The van der Waals surface area contributed by atoms with Crippen molar-refractivity contribution < 1.29 is 18.0 Å². The number of hydrogen-bond donors (Lipinski definition) is 1. The van der Waals surface area contributed by atoms with Crippen LogP contribution in [0.3, 0.4) is 0 Å². The van der Waals surface area contributed by atoms with Crippen molar-refractivity contribution in [2.24, 2.45) is 0 Å². The summed E-state index contributed by atoms with van der Waals surface area (Å²) in [7, 11) is 0. The van der Waals surface area contributed by atoms with Crippen molar-refractivity contribution >= 4 is 6.03 Å². The summed E-state index contributed by atoms with van der Waals surface area (Å²) in [5.74, 6) is 0. The molecule has 1 heterocycles. The molecular weight excluding hydrogens is 271 g/mol. The minimum atomic E-state index is -4.20. The molecule has 0 aromatic heterocycles. The van der Waals surface area contributed by atoms with Crippen molar-refractivity contribution in [2.45, 2.75) is 38.5 Å². The molecule has 1 aliphatic rings. The largest absolute Gasteiger partial charge is 0.401 e. The Morgan fingerprint density at radius 3 is 2.65 bits per heavy atom. The summed E-state index contributed by atoms with van der Waals surface area (Å²) in [6, 6.07) is -0.549. The van der Waals surface area contributed by atoms with Gasteiger partial charge in [0.1, 0.15) is 0 Å². The maximum Gasteiger partial charge on any atom is 0.401 e. The van der Waals surface area contributed by atoms with E-state index in [2.05, 4.69) is 11.9 Å². The molecule has 1 rings (SSSR count). The minimum absolute atomic E-state index is 0.0245. The average Bonchev–Trinajstić information content (AvgIpc) is 2.30. The highest BCUT2D eigenvalue weighted by Crippen LogP contribution is 2.20. The molecule has 0 spiro atoms. The smallest absolute Gasteiger partial charge is 0.335 e. The zero-order valence-electron chi connectivity index (χ0n) is 11.9. The second kappa shape index (κ2) is 6.97. The standard InChI is InChI=1S/C13H22F3N3O/c1-4-5-10(2)17-12(20)18-6-7-19(11(3)8-18)9-13(14,15)16/h4,10-11H,1,5-9H2,2-3H3,(H,17,20)/t10-,11+/m1/s1. The SMILES string of the molecule is C=CC[C@@H](C)NC(=O)N1CCN(CC(F)(F)F)[C@@H](C)C1. The molecule has 1 N–H and O–H groups in total. The fraction of sp³-hybridized carbons (Fsp3) is 0.769. The Balaban J connectivity index is 2.46. The first kappa shape index (κ1) is 16.8. The van der Waals surface area contributed by atoms with Crippen molar-refractivity contribution in [1.29, 1.82) is 0 Å². The highest BCUT2D eigenvalue weighted by molar-refractivity contribution is 5.74. The number of carbonyl (C=O) groups excluding carboxylic acids is 1. The van der Waals surface area contributed by atoms with Gasteiger partial charge in [0.2, 0.25) is 0 Å². The number of nitrogens with one attached hydrogen (secondary N) is 1. The van der Waals surface area contributed by atoms with Crippen LogP contribution in [0.25, 0.3) is 0 Å². The number of urea groups is 1. The van der Waals surface area contributed by atoms with Gasteiger partial charge in [-0.25, -0.2) is 4.79 Å². The molecule has 2 amide bonds. The molecule has 4 nitrogen and oxygen atoms in total. The van der Waals surface area contributed by atoms with Gasteiger partial charge in [-0.15, -0.1) is 6.58 Å². The molecule has 2 atom stereocenters. The third-order valence-corrected chi connectivity index (χ3v) is 3.32. The van der Waals surface area contributed by atoms with Gasteiger partial charge in [-0.3, -0.25) is 4.90 Å². The van der Waals surface area contributed by atoms with Crippen LogP contribution in [0, 0.1) is 0 Å². The average molecular weight is 293 g/mol. The second-order valence-electron chi connectivity index (χ2n) is 5.26. The predicted octanol–water partition coefficient (Wildman–Crippen LogP) is 2.23. The number of rotatable bonds is 4. The Bertz CT molecular complexity index is 346. The van der Waals surface area contributed by atoms with Gasteiger partial charge in [-0.05, 0) is 20.3 Å². The van der Waals surface area contributed by atoms with E-state index in [1.54, 1.807) is 17.9 Å². The molecular formula is C13H22F3N3O. The van der Waals surface area contributed by atoms with Crippen molar-refractivity contribution in [2.75, 3.05) is 26.2 Å². The van der Waals surface area contributed by atoms with E-state index in [9.17, 15) is 18.0 Å². The molecule has 0 unspecified atom stereocenters. The third-order valence-electron chi connectivity index (χ3n) is 3.32. The zero-order valence-corrected chi connectivity index (χ0v) is 11.9. The number of carbonyl (C=O) groups is 1. The van der Waals surface area contributed by atoms with E-state index >= 15 is 0 Å². The van der Waals surface area contributed by atoms with Crippen LogP contribution in [0.2, 0.25) is 0 Å². The summed E-state index contributed by atoms with van der Waals surface area (Å²) in [4.78, 5) is 14.9. The summed E-state index contributed by atoms with van der Waals surface area (Å²) >= 11 is 0. The lowest BCUT2D eigenvalue weighted by atomic mass is 10.2. The van der Waals surface area contributed by atoms with Crippen molar-refractivity contribution in [3.63, 3.8) is 0 Å². The normalized spacial score (nSPS) is 22.4. The van der Waals surface area contributed by atoms with Crippen LogP contribution in [-0.2, 0) is 0 Å². The van der Waals surface area contributed by atoms with Gasteiger partial charge in [-0.1, -0.05) is 6.08 Å². The summed E-state index contributed by atoms with van der Waals surface area (Å²) in [5, 5.41) is 2.81. The molecule has 1 aliphatic heterocycles. The number of amides is 2. The lowest BCUT2D eigenvalue weighted by Gasteiger charge is -2.40. The van der Waals surface area contributed by atoms with Crippen LogP contribution in [-0.4, -0.2) is 60.3 Å². The van der Waals surface area contributed by atoms with Crippen LogP contribution in [0.15, 0.2) is 12.7 Å². The van der Waals surface area contributed by atoms with Crippen molar-refractivity contribution in [1.82, 2.24) is 15.1 Å². The van der Waals surface area contributed by atoms with Gasteiger partial charge >= 0.3 is 12.2 Å². The van der Waals surface area contributed by atoms with E-state index < -0.39 is 12.7 Å². The molecule has 20 heavy (non-hydrogen) atoms. The van der Waals surface area contributed by atoms with Crippen LogP contribution in [0.5, 0.6) is 0 Å². The van der Waals surface area contributed by atoms with Crippen LogP contribution in [0.1, 0.15) is 20.3 Å². The predicted molar refractivity (Wildman–Crippen MR) is 71.5 cm³/mol. The summed E-state index contributed by atoms with van der Waals surface area (Å²) in [5.41, 5.74) is 0. The maximum absolute atomic E-state index is 12.4. The number of alkyl halides is 3. The first-order chi connectivity index (χ1) is 9.23. The Kier molecular flexibility index (Phi) is 5.86. The van der Waals surface area contributed by atoms with E-state index in [0.717, 1.165) is 0 Å². The van der Waals surface area contributed by atoms with Gasteiger partial charge in [0.15, 0.2) is 0 Å². The van der Waals surface area contributed by atoms with Crippen LogP contribution in [0.4, 0.5) is 18.0 Å². The molecule has 116 valence electrons. The summed E-state index contributed by atoms with van der Waals surface area (Å²) in [6.07, 6.45) is -1.82. The van der Waals surface area contributed by atoms with E-state index in [1.165, 1.54) is 4.90 Å². The third kappa shape index (κ3) is 5.40. The molecule has 0 aromatic rings. The molecule has 1 saturated heterocycles. The first-order valence-electron chi connectivity index (χ1n) is 6.70. The van der Waals surface area contributed by atoms with E-state index in [0.29, 0.717) is 19.5 Å². The molecule has 0 saturated carbocycles. The molecule has 0 bridgehead atoms. The van der Waals surface area contributed by atoms with Crippen molar-refractivity contribution in [3.05, 3.63) is 12.7 Å². The Labute approximate surface area is 117 Å². The quantitative estimate of drug-likeness (QED) is 0.807. The first-order valence-corrected chi connectivity index (χ1v) is 6.70. The van der Waals surface area contributed by atoms with Gasteiger partial charge in [-0.2, -0.15) is 13.2 Å². The number of halogens is 3. The zero-order chi connectivity index (χ0) is 15.3. The highest BCUT2D eigenvalue weighted by Gasteiger charge is 2.35. The van der Waals surface area contributed by atoms with Gasteiger partial charge in [0.05, 0.1) is 6.54 Å². The van der Waals surface area contributed by atoms with E-state index in [4.69, 9.17) is 0 Å².